The highest BCUT2D eigenvalue weighted by Gasteiger charge is 2.18. The third-order valence-corrected chi connectivity index (χ3v) is 5.05. The van der Waals surface area contributed by atoms with E-state index in [1.807, 2.05) is 12.1 Å². The first-order chi connectivity index (χ1) is 11.3. The monoisotopic (exact) mass is 318 g/mol. The summed E-state index contributed by atoms with van der Waals surface area (Å²) in [5, 5.41) is 3.54. The molecule has 128 valence electrons. The summed E-state index contributed by atoms with van der Waals surface area (Å²) in [5.41, 5.74) is 7.13. The van der Waals surface area contributed by atoms with Crippen LogP contribution in [-0.2, 0) is 4.74 Å². The fraction of sp³-hybridized carbons (Fsp3) is 0.684. The first kappa shape index (κ1) is 16.6. The maximum atomic E-state index is 5.96. The van der Waals surface area contributed by atoms with Gasteiger partial charge in [-0.1, -0.05) is 0 Å². The Morgan fingerprint density at radius 1 is 1.04 bits per heavy atom. The normalized spacial score (nSPS) is 28.3. The molecule has 0 spiro atoms. The van der Waals surface area contributed by atoms with Gasteiger partial charge in [-0.3, -0.25) is 0 Å². The van der Waals surface area contributed by atoms with Crippen LogP contribution in [0.15, 0.2) is 24.3 Å². The van der Waals surface area contributed by atoms with Crippen LogP contribution in [0, 0.1) is 5.92 Å². The van der Waals surface area contributed by atoms with Crippen molar-refractivity contribution in [2.45, 2.75) is 57.1 Å². The summed E-state index contributed by atoms with van der Waals surface area (Å²) >= 11 is 0. The fourth-order valence-electron chi connectivity index (χ4n) is 3.45. The Labute approximate surface area is 139 Å². The highest BCUT2D eigenvalue weighted by atomic mass is 16.5. The molecular weight excluding hydrogens is 288 g/mol. The zero-order chi connectivity index (χ0) is 15.9. The lowest BCUT2D eigenvalue weighted by molar-refractivity contribution is -0.0110. The van der Waals surface area contributed by atoms with Crippen molar-refractivity contribution in [3.8, 4) is 5.75 Å². The van der Waals surface area contributed by atoms with Gasteiger partial charge in [0.2, 0.25) is 0 Å². The van der Waals surface area contributed by atoms with E-state index in [-0.39, 0.29) is 6.10 Å². The van der Waals surface area contributed by atoms with Crippen molar-refractivity contribution < 1.29 is 9.47 Å². The largest absolute Gasteiger partial charge is 0.491 e. The Morgan fingerprint density at radius 3 is 2.52 bits per heavy atom. The molecule has 1 atom stereocenters. The molecule has 1 aliphatic heterocycles. The zero-order valence-corrected chi connectivity index (χ0v) is 14.0. The van der Waals surface area contributed by atoms with E-state index in [0.717, 1.165) is 31.2 Å². The molecule has 1 saturated heterocycles. The molecule has 1 aromatic carbocycles. The van der Waals surface area contributed by atoms with Crippen molar-refractivity contribution in [2.24, 2.45) is 11.7 Å². The van der Waals surface area contributed by atoms with E-state index in [2.05, 4.69) is 17.4 Å². The van der Waals surface area contributed by atoms with Crippen molar-refractivity contribution >= 4 is 5.69 Å². The summed E-state index contributed by atoms with van der Waals surface area (Å²) in [4.78, 5) is 0. The Balaban J connectivity index is 1.38. The number of anilines is 1. The van der Waals surface area contributed by atoms with E-state index in [9.17, 15) is 0 Å². The average molecular weight is 318 g/mol. The molecule has 1 aliphatic carbocycles. The van der Waals surface area contributed by atoms with Crippen LogP contribution in [0.4, 0.5) is 5.69 Å². The second kappa shape index (κ2) is 8.55. The van der Waals surface area contributed by atoms with E-state index in [1.54, 1.807) is 0 Å². The van der Waals surface area contributed by atoms with Gasteiger partial charge in [0.05, 0.1) is 6.10 Å². The summed E-state index contributed by atoms with van der Waals surface area (Å²) in [7, 11) is 0. The first-order valence-corrected chi connectivity index (χ1v) is 9.13. The Hall–Kier alpha value is -1.26. The second-order valence-electron chi connectivity index (χ2n) is 6.99. The SMILES string of the molecule is NC1CCC(CNc2ccc(OCC3CCCCO3)cc2)CC1. The Morgan fingerprint density at radius 2 is 1.83 bits per heavy atom. The molecule has 0 aromatic heterocycles. The van der Waals surface area contributed by atoms with Crippen LogP contribution in [0.2, 0.25) is 0 Å². The minimum atomic E-state index is 0.263. The van der Waals surface area contributed by atoms with Gasteiger partial charge in [0.1, 0.15) is 12.4 Å². The summed E-state index contributed by atoms with van der Waals surface area (Å²) in [6.07, 6.45) is 8.65. The van der Waals surface area contributed by atoms with Crippen LogP contribution in [-0.4, -0.2) is 31.9 Å². The highest BCUT2D eigenvalue weighted by molar-refractivity contribution is 5.46. The van der Waals surface area contributed by atoms with E-state index >= 15 is 0 Å². The molecule has 4 heteroatoms. The topological polar surface area (TPSA) is 56.5 Å². The fourth-order valence-corrected chi connectivity index (χ4v) is 3.45. The summed E-state index contributed by atoms with van der Waals surface area (Å²) in [6.45, 7) is 2.58. The molecule has 3 rings (SSSR count). The molecule has 1 saturated carbocycles. The quantitative estimate of drug-likeness (QED) is 0.842. The number of hydrogen-bond donors (Lipinski definition) is 2. The minimum absolute atomic E-state index is 0.263. The molecule has 1 unspecified atom stereocenters. The lowest BCUT2D eigenvalue weighted by Crippen LogP contribution is -2.29. The van der Waals surface area contributed by atoms with Gasteiger partial charge in [-0.25, -0.2) is 0 Å². The molecule has 1 aromatic rings. The number of hydrogen-bond acceptors (Lipinski definition) is 4. The van der Waals surface area contributed by atoms with E-state index < -0.39 is 0 Å². The average Bonchev–Trinajstić information content (AvgIpc) is 2.61. The molecule has 2 fully saturated rings. The zero-order valence-electron chi connectivity index (χ0n) is 14.0. The molecular formula is C19H30N2O2. The molecule has 2 aliphatic rings. The predicted octanol–water partition coefficient (Wildman–Crippen LogP) is 3.56. The number of nitrogens with two attached hydrogens (primary N) is 1. The molecule has 1 heterocycles. The van der Waals surface area contributed by atoms with Crippen molar-refractivity contribution in [2.75, 3.05) is 25.1 Å². The predicted molar refractivity (Wildman–Crippen MR) is 94.0 cm³/mol. The van der Waals surface area contributed by atoms with Gasteiger partial charge in [-0.15, -0.1) is 0 Å². The van der Waals surface area contributed by atoms with Crippen molar-refractivity contribution in [3.63, 3.8) is 0 Å². The van der Waals surface area contributed by atoms with E-state index in [4.69, 9.17) is 15.2 Å². The first-order valence-electron chi connectivity index (χ1n) is 9.13. The van der Waals surface area contributed by atoms with Crippen LogP contribution in [0.3, 0.4) is 0 Å². The van der Waals surface area contributed by atoms with Crippen LogP contribution in [0.1, 0.15) is 44.9 Å². The van der Waals surface area contributed by atoms with Crippen LogP contribution >= 0.6 is 0 Å². The second-order valence-corrected chi connectivity index (χ2v) is 6.99. The van der Waals surface area contributed by atoms with Gasteiger partial charge >= 0.3 is 0 Å². The minimum Gasteiger partial charge on any atom is -0.491 e. The Kier molecular flexibility index (Phi) is 6.17. The highest BCUT2D eigenvalue weighted by Crippen LogP contribution is 2.24. The van der Waals surface area contributed by atoms with Crippen LogP contribution < -0.4 is 15.8 Å². The Bertz CT molecular complexity index is 449. The molecule has 23 heavy (non-hydrogen) atoms. The smallest absolute Gasteiger partial charge is 0.119 e. The lowest BCUT2D eigenvalue weighted by atomic mass is 9.86. The molecule has 0 amide bonds. The van der Waals surface area contributed by atoms with Gasteiger partial charge in [0, 0.05) is 24.9 Å². The van der Waals surface area contributed by atoms with Gasteiger partial charge in [-0.2, -0.15) is 0 Å². The van der Waals surface area contributed by atoms with Gasteiger partial charge in [0.25, 0.3) is 0 Å². The lowest BCUT2D eigenvalue weighted by Gasteiger charge is -2.26. The molecule has 0 radical (unpaired) electrons. The van der Waals surface area contributed by atoms with Crippen LogP contribution in [0.5, 0.6) is 5.75 Å². The van der Waals surface area contributed by atoms with Gasteiger partial charge in [-0.05, 0) is 75.1 Å². The van der Waals surface area contributed by atoms with Gasteiger partial charge < -0.3 is 20.5 Å². The summed E-state index contributed by atoms with van der Waals surface area (Å²) in [6, 6.07) is 8.72. The van der Waals surface area contributed by atoms with E-state index in [0.29, 0.717) is 12.6 Å². The maximum absolute atomic E-state index is 5.96. The van der Waals surface area contributed by atoms with Crippen LogP contribution in [0.25, 0.3) is 0 Å². The van der Waals surface area contributed by atoms with Crippen molar-refractivity contribution in [3.05, 3.63) is 24.3 Å². The number of rotatable bonds is 6. The molecule has 3 N–H and O–H groups in total. The molecule has 4 nitrogen and oxygen atoms in total. The third kappa shape index (κ3) is 5.40. The number of nitrogens with one attached hydrogen (secondary N) is 1. The summed E-state index contributed by atoms with van der Waals surface area (Å²) in [5.74, 6) is 1.68. The summed E-state index contributed by atoms with van der Waals surface area (Å²) < 4.78 is 11.5. The third-order valence-electron chi connectivity index (χ3n) is 5.05. The molecule has 0 bridgehead atoms. The van der Waals surface area contributed by atoms with Gasteiger partial charge in [0.15, 0.2) is 0 Å². The number of ether oxygens (including phenoxy) is 2. The standard InChI is InChI=1S/C19H30N2O2/c20-16-6-4-15(5-7-16)13-21-17-8-10-18(11-9-17)23-14-19-3-1-2-12-22-19/h8-11,15-16,19,21H,1-7,12-14,20H2. The van der Waals surface area contributed by atoms with E-state index in [1.165, 1.54) is 44.2 Å². The maximum Gasteiger partial charge on any atom is 0.119 e. The van der Waals surface area contributed by atoms with Crippen molar-refractivity contribution in [1.82, 2.24) is 0 Å². The number of benzene rings is 1. The van der Waals surface area contributed by atoms with Crippen molar-refractivity contribution in [1.29, 1.82) is 0 Å².